The first kappa shape index (κ1) is 14.6. The number of hydrogen-bond donors (Lipinski definition) is 1. The molecule has 2 nitrogen and oxygen atoms in total. The van der Waals surface area contributed by atoms with Crippen LogP contribution >= 0.6 is 15.9 Å². The molecule has 20 heavy (non-hydrogen) atoms. The van der Waals surface area contributed by atoms with E-state index in [9.17, 15) is 13.2 Å². The van der Waals surface area contributed by atoms with Crippen LogP contribution in [0, 0.1) is 0 Å². The average molecular weight is 343 g/mol. The first-order valence-corrected chi connectivity index (χ1v) is 6.47. The molecule has 2 aromatic rings. The van der Waals surface area contributed by atoms with E-state index in [4.69, 9.17) is 0 Å². The second-order valence-corrected chi connectivity index (χ2v) is 4.82. The lowest BCUT2D eigenvalue weighted by Crippen LogP contribution is -2.05. The molecule has 0 aliphatic heterocycles. The Balaban J connectivity index is 2.10. The van der Waals surface area contributed by atoms with Gasteiger partial charge in [0.2, 0.25) is 0 Å². The van der Waals surface area contributed by atoms with Crippen molar-refractivity contribution in [2.75, 3.05) is 5.43 Å². The third-order valence-electron chi connectivity index (χ3n) is 2.50. The fraction of sp³-hybridized carbons (Fsp3) is 0.0714. The Bertz CT molecular complexity index is 610. The van der Waals surface area contributed by atoms with Crippen LogP contribution in [0.25, 0.3) is 0 Å². The molecule has 0 aliphatic carbocycles. The van der Waals surface area contributed by atoms with Crippen molar-refractivity contribution in [2.45, 2.75) is 6.18 Å². The molecule has 104 valence electrons. The zero-order valence-electron chi connectivity index (χ0n) is 10.2. The molecule has 1 N–H and O–H groups in total. The van der Waals surface area contributed by atoms with E-state index in [1.807, 2.05) is 30.3 Å². The van der Waals surface area contributed by atoms with Crippen LogP contribution < -0.4 is 5.43 Å². The van der Waals surface area contributed by atoms with Crippen LogP contribution in [0.2, 0.25) is 0 Å². The molecule has 6 heteroatoms. The van der Waals surface area contributed by atoms with Gasteiger partial charge < -0.3 is 0 Å². The Hall–Kier alpha value is -1.82. The van der Waals surface area contributed by atoms with E-state index in [0.29, 0.717) is 10.0 Å². The number of anilines is 1. The number of alkyl halides is 3. The van der Waals surface area contributed by atoms with Crippen molar-refractivity contribution in [3.63, 3.8) is 0 Å². The maximum absolute atomic E-state index is 12.5. The topological polar surface area (TPSA) is 24.4 Å². The van der Waals surface area contributed by atoms with Crippen LogP contribution in [-0.2, 0) is 6.18 Å². The minimum absolute atomic E-state index is 0.339. The minimum Gasteiger partial charge on any atom is -0.279 e. The Kier molecular flexibility index (Phi) is 4.44. The first-order chi connectivity index (χ1) is 9.47. The molecule has 0 radical (unpaired) electrons. The number of benzene rings is 2. The summed E-state index contributed by atoms with van der Waals surface area (Å²) < 4.78 is 37.9. The summed E-state index contributed by atoms with van der Waals surface area (Å²) in [7, 11) is 0. The van der Waals surface area contributed by atoms with Crippen molar-refractivity contribution in [2.24, 2.45) is 5.10 Å². The van der Waals surface area contributed by atoms with Crippen molar-refractivity contribution in [1.82, 2.24) is 0 Å². The van der Waals surface area contributed by atoms with E-state index in [2.05, 4.69) is 26.5 Å². The smallest absolute Gasteiger partial charge is 0.279 e. The fourth-order valence-electron chi connectivity index (χ4n) is 1.50. The van der Waals surface area contributed by atoms with Gasteiger partial charge in [-0.25, -0.2) is 0 Å². The highest BCUT2D eigenvalue weighted by atomic mass is 79.9. The van der Waals surface area contributed by atoms with Gasteiger partial charge in [-0.3, -0.25) is 5.43 Å². The summed E-state index contributed by atoms with van der Waals surface area (Å²) >= 11 is 3.11. The predicted molar refractivity (Wildman–Crippen MR) is 76.8 cm³/mol. The van der Waals surface area contributed by atoms with Gasteiger partial charge in [0.05, 0.1) is 17.5 Å². The van der Waals surface area contributed by atoms with Gasteiger partial charge in [-0.05, 0) is 24.3 Å². The van der Waals surface area contributed by atoms with Crippen molar-refractivity contribution >= 4 is 27.8 Å². The van der Waals surface area contributed by atoms with E-state index >= 15 is 0 Å². The molecule has 2 aromatic carbocycles. The lowest BCUT2D eigenvalue weighted by Gasteiger charge is -2.08. The molecule has 0 atom stereocenters. The first-order valence-electron chi connectivity index (χ1n) is 5.68. The van der Waals surface area contributed by atoms with Crippen LogP contribution in [0.3, 0.4) is 0 Å². The maximum atomic E-state index is 12.5. The molecule has 0 bridgehead atoms. The lowest BCUT2D eigenvalue weighted by atomic mass is 10.1. The Morgan fingerprint density at radius 3 is 2.35 bits per heavy atom. The third kappa shape index (κ3) is 3.84. The van der Waals surface area contributed by atoms with Gasteiger partial charge in [-0.2, -0.15) is 18.3 Å². The second-order valence-electron chi connectivity index (χ2n) is 3.97. The van der Waals surface area contributed by atoms with Crippen molar-refractivity contribution in [1.29, 1.82) is 0 Å². The highest BCUT2D eigenvalue weighted by molar-refractivity contribution is 9.10. The molecule has 0 aliphatic rings. The molecule has 0 amide bonds. The summed E-state index contributed by atoms with van der Waals surface area (Å²) in [6.45, 7) is 0. The molecule has 0 spiro atoms. The van der Waals surface area contributed by atoms with Crippen LogP contribution in [0.4, 0.5) is 18.9 Å². The van der Waals surface area contributed by atoms with Crippen molar-refractivity contribution in [3.8, 4) is 0 Å². The average Bonchev–Trinajstić information content (AvgIpc) is 2.40. The molecular formula is C14H10BrF3N2. The van der Waals surface area contributed by atoms with Gasteiger partial charge >= 0.3 is 6.18 Å². The van der Waals surface area contributed by atoms with Gasteiger partial charge in [-0.15, -0.1) is 0 Å². The SMILES string of the molecule is FC(F)(F)c1ccc(C=NNc2ccccc2)c(Br)c1. The lowest BCUT2D eigenvalue weighted by molar-refractivity contribution is -0.137. The normalized spacial score (nSPS) is 11.8. The number of hydrazone groups is 1. The number of nitrogens with one attached hydrogen (secondary N) is 1. The Labute approximate surface area is 122 Å². The number of nitrogens with zero attached hydrogens (tertiary/aromatic N) is 1. The fourth-order valence-corrected chi connectivity index (χ4v) is 1.98. The number of para-hydroxylation sites is 1. The summed E-state index contributed by atoms with van der Waals surface area (Å²) in [6, 6.07) is 12.7. The molecular weight excluding hydrogens is 333 g/mol. The van der Waals surface area contributed by atoms with Crippen LogP contribution in [0.15, 0.2) is 58.1 Å². The number of rotatable bonds is 3. The standard InChI is InChI=1S/C14H10BrF3N2/c15-13-8-11(14(16,17)18)7-6-10(13)9-19-20-12-4-2-1-3-5-12/h1-9,20H. The van der Waals surface area contributed by atoms with Crippen molar-refractivity contribution < 1.29 is 13.2 Å². The second kappa shape index (κ2) is 6.09. The van der Waals surface area contributed by atoms with Crippen LogP contribution in [0.5, 0.6) is 0 Å². The summed E-state index contributed by atoms with van der Waals surface area (Å²) in [5.74, 6) is 0. The maximum Gasteiger partial charge on any atom is 0.416 e. The van der Waals surface area contributed by atoms with E-state index in [0.717, 1.165) is 17.8 Å². The molecule has 0 aromatic heterocycles. The molecule has 0 saturated carbocycles. The van der Waals surface area contributed by atoms with Gasteiger partial charge in [0, 0.05) is 10.0 Å². The van der Waals surface area contributed by atoms with E-state index in [1.165, 1.54) is 12.3 Å². The zero-order valence-corrected chi connectivity index (χ0v) is 11.7. The van der Waals surface area contributed by atoms with Crippen molar-refractivity contribution in [3.05, 3.63) is 64.1 Å². The molecule has 0 saturated heterocycles. The number of halogens is 4. The van der Waals surface area contributed by atoms with Gasteiger partial charge in [0.25, 0.3) is 0 Å². The minimum atomic E-state index is -4.35. The summed E-state index contributed by atoms with van der Waals surface area (Å²) in [6.07, 6.45) is -2.89. The molecule has 2 rings (SSSR count). The van der Waals surface area contributed by atoms with Crippen LogP contribution in [0.1, 0.15) is 11.1 Å². The summed E-state index contributed by atoms with van der Waals surface area (Å²) in [5, 5.41) is 3.98. The highest BCUT2D eigenvalue weighted by Gasteiger charge is 2.30. The Morgan fingerprint density at radius 1 is 1.05 bits per heavy atom. The summed E-state index contributed by atoms with van der Waals surface area (Å²) in [4.78, 5) is 0. The zero-order chi connectivity index (χ0) is 14.6. The Morgan fingerprint density at radius 2 is 1.75 bits per heavy atom. The number of hydrogen-bond acceptors (Lipinski definition) is 2. The van der Waals surface area contributed by atoms with Gasteiger partial charge in [-0.1, -0.05) is 40.2 Å². The third-order valence-corrected chi connectivity index (χ3v) is 3.19. The molecule has 0 fully saturated rings. The quantitative estimate of drug-likeness (QED) is 0.621. The largest absolute Gasteiger partial charge is 0.416 e. The van der Waals surface area contributed by atoms with Gasteiger partial charge in [0.15, 0.2) is 0 Å². The van der Waals surface area contributed by atoms with Gasteiger partial charge in [0.1, 0.15) is 0 Å². The molecule has 0 heterocycles. The predicted octanol–water partition coefficient (Wildman–Crippen LogP) is 4.91. The monoisotopic (exact) mass is 342 g/mol. The van der Waals surface area contributed by atoms with E-state index in [-0.39, 0.29) is 0 Å². The molecule has 0 unspecified atom stereocenters. The highest BCUT2D eigenvalue weighted by Crippen LogP contribution is 2.31. The van der Waals surface area contributed by atoms with E-state index in [1.54, 1.807) is 0 Å². The summed E-state index contributed by atoms with van der Waals surface area (Å²) in [5.41, 5.74) is 3.45. The van der Waals surface area contributed by atoms with E-state index < -0.39 is 11.7 Å². The van der Waals surface area contributed by atoms with Crippen LogP contribution in [-0.4, -0.2) is 6.21 Å².